The van der Waals surface area contributed by atoms with Gasteiger partial charge in [0, 0.05) is 11.3 Å². The third-order valence-corrected chi connectivity index (χ3v) is 2.50. The van der Waals surface area contributed by atoms with Gasteiger partial charge < -0.3 is 9.90 Å². The molecule has 17 heavy (non-hydrogen) atoms. The highest BCUT2D eigenvalue weighted by atomic mass is 79.9. The number of carboxylic acids is 1. The second kappa shape index (κ2) is 5.48. The van der Waals surface area contributed by atoms with E-state index in [-0.39, 0.29) is 0 Å². The Hall–Kier alpha value is -1.12. The Balaban J connectivity index is 5.06. The minimum absolute atomic E-state index is 0.367. The maximum absolute atomic E-state index is 12.4. The largest absolute Gasteiger partial charge is 0.545 e. The van der Waals surface area contributed by atoms with Crippen molar-refractivity contribution >= 4 is 21.9 Å². The van der Waals surface area contributed by atoms with Crippen LogP contribution in [0.5, 0.6) is 0 Å². The predicted octanol–water partition coefficient (Wildman–Crippen LogP) is 1.05. The van der Waals surface area contributed by atoms with Crippen LogP contribution in [0.2, 0.25) is 0 Å². The van der Waals surface area contributed by atoms with Gasteiger partial charge in [-0.15, -0.1) is 0 Å². The lowest BCUT2D eigenvalue weighted by atomic mass is 10.0. The van der Waals surface area contributed by atoms with Crippen molar-refractivity contribution in [2.45, 2.75) is 23.8 Å². The molecule has 1 atom stereocenters. The van der Waals surface area contributed by atoms with Crippen molar-refractivity contribution < 1.29 is 28.0 Å². The van der Waals surface area contributed by atoms with Crippen molar-refractivity contribution in [3.05, 3.63) is 21.8 Å². The zero-order valence-corrected chi connectivity index (χ0v) is 10.2. The second-order valence-electron chi connectivity index (χ2n) is 3.34. The quantitative estimate of drug-likeness (QED) is 0.328. The monoisotopic (exact) mass is 318 g/mol. The van der Waals surface area contributed by atoms with Gasteiger partial charge in [0.25, 0.3) is 0 Å². The summed E-state index contributed by atoms with van der Waals surface area (Å²) in [7, 11) is 0. The first-order valence-electron chi connectivity index (χ1n) is 4.28. The molecular formula is C8H8BrF3NO4-. The molecular weight excluding hydrogens is 311 g/mol. The predicted molar refractivity (Wildman–Crippen MR) is 53.0 cm³/mol. The van der Waals surface area contributed by atoms with E-state index in [1.54, 1.807) is 0 Å². The van der Waals surface area contributed by atoms with Crippen molar-refractivity contribution in [1.82, 2.24) is 0 Å². The van der Waals surface area contributed by atoms with E-state index in [0.717, 1.165) is 0 Å². The van der Waals surface area contributed by atoms with Gasteiger partial charge in [0.1, 0.15) is 4.32 Å². The molecule has 0 saturated heterocycles. The van der Waals surface area contributed by atoms with Crippen LogP contribution in [-0.4, -0.2) is 27.9 Å². The van der Waals surface area contributed by atoms with Crippen molar-refractivity contribution in [1.29, 1.82) is 0 Å². The molecule has 0 aromatic rings. The molecule has 0 aliphatic heterocycles. The molecule has 0 amide bonds. The molecule has 9 heteroatoms. The normalized spacial score (nSPS) is 16.4. The molecule has 0 bridgehead atoms. The molecule has 0 aromatic carbocycles. The summed E-state index contributed by atoms with van der Waals surface area (Å²) < 4.78 is 34.7. The van der Waals surface area contributed by atoms with Gasteiger partial charge in [0.2, 0.25) is 6.54 Å². The van der Waals surface area contributed by atoms with Crippen LogP contribution in [0.15, 0.2) is 11.6 Å². The summed E-state index contributed by atoms with van der Waals surface area (Å²) in [6.07, 6.45) is -4.99. The molecule has 0 aromatic heterocycles. The summed E-state index contributed by atoms with van der Waals surface area (Å²) >= 11 is 2.32. The Kier molecular flexibility index (Phi) is 5.12. The lowest BCUT2D eigenvalue weighted by Crippen LogP contribution is -2.36. The average Bonchev–Trinajstić information content (AvgIpc) is 2.09. The number of aliphatic carboxylic acids is 1. The van der Waals surface area contributed by atoms with E-state index in [0.29, 0.717) is 13.0 Å². The first-order valence-corrected chi connectivity index (χ1v) is 5.07. The van der Waals surface area contributed by atoms with E-state index >= 15 is 0 Å². The van der Waals surface area contributed by atoms with E-state index in [4.69, 9.17) is 0 Å². The Morgan fingerprint density at radius 2 is 1.94 bits per heavy atom. The molecule has 0 heterocycles. The third kappa shape index (κ3) is 5.16. The Bertz CT molecular complexity index is 351. The van der Waals surface area contributed by atoms with E-state index in [1.165, 1.54) is 0 Å². The zero-order valence-electron chi connectivity index (χ0n) is 8.58. The minimum atomic E-state index is -4.72. The molecule has 98 valence electrons. The number of nitro groups is 1. The first-order chi connectivity index (χ1) is 7.47. The lowest BCUT2D eigenvalue weighted by molar-refractivity contribution is -0.479. The van der Waals surface area contributed by atoms with Crippen LogP contribution in [0, 0.1) is 10.1 Å². The second-order valence-corrected chi connectivity index (χ2v) is 4.98. The van der Waals surface area contributed by atoms with E-state index in [9.17, 15) is 33.2 Å². The maximum Gasteiger partial charge on any atom is 0.407 e. The average molecular weight is 319 g/mol. The van der Waals surface area contributed by atoms with Gasteiger partial charge in [0.05, 0.1) is 5.97 Å². The molecule has 0 aliphatic rings. The van der Waals surface area contributed by atoms with Crippen molar-refractivity contribution in [3.8, 4) is 0 Å². The van der Waals surface area contributed by atoms with Gasteiger partial charge in [-0.3, -0.25) is 10.1 Å². The van der Waals surface area contributed by atoms with E-state index in [2.05, 4.69) is 15.9 Å². The summed E-state index contributed by atoms with van der Waals surface area (Å²) in [4.78, 5) is 19.7. The number of alkyl halides is 4. The van der Waals surface area contributed by atoms with Crippen LogP contribution in [-0.2, 0) is 4.79 Å². The Morgan fingerprint density at radius 1 is 1.47 bits per heavy atom. The summed E-state index contributed by atoms with van der Waals surface area (Å²) in [6.45, 7) is -0.0805. The van der Waals surface area contributed by atoms with Crippen molar-refractivity contribution in [3.63, 3.8) is 0 Å². The first kappa shape index (κ1) is 15.9. The number of carboxylic acid groups (broad SMARTS) is 1. The maximum atomic E-state index is 12.4. The number of carbonyl (C=O) groups is 1. The zero-order chi connectivity index (χ0) is 13.9. The van der Waals surface area contributed by atoms with Gasteiger partial charge in [0.15, 0.2) is 0 Å². The highest BCUT2D eigenvalue weighted by Gasteiger charge is 2.47. The summed E-state index contributed by atoms with van der Waals surface area (Å²) in [5.41, 5.74) is -0.765. The van der Waals surface area contributed by atoms with Crippen molar-refractivity contribution in [2.75, 3.05) is 6.54 Å². The number of allylic oxidation sites excluding steroid dienone is 1. The molecule has 0 radical (unpaired) electrons. The van der Waals surface area contributed by atoms with Crippen LogP contribution >= 0.6 is 15.9 Å². The Labute approximate surface area is 103 Å². The number of nitrogens with zero attached hydrogens (tertiary/aromatic N) is 1. The molecule has 1 unspecified atom stereocenters. The number of halogens is 4. The van der Waals surface area contributed by atoms with Gasteiger partial charge >= 0.3 is 6.18 Å². The van der Waals surface area contributed by atoms with Crippen LogP contribution in [0.1, 0.15) is 13.3 Å². The lowest BCUT2D eigenvalue weighted by Gasteiger charge is -2.23. The summed E-state index contributed by atoms with van der Waals surface area (Å²) in [5, 5.41) is 20.5. The molecule has 0 aliphatic carbocycles. The van der Waals surface area contributed by atoms with Crippen LogP contribution < -0.4 is 5.11 Å². The van der Waals surface area contributed by atoms with Gasteiger partial charge in [-0.05, 0) is 12.5 Å². The van der Waals surface area contributed by atoms with E-state index < -0.39 is 39.9 Å². The van der Waals surface area contributed by atoms with Crippen LogP contribution in [0.4, 0.5) is 13.2 Å². The van der Waals surface area contributed by atoms with Gasteiger partial charge in [-0.25, -0.2) is 0 Å². The van der Waals surface area contributed by atoms with Crippen LogP contribution in [0.3, 0.4) is 0 Å². The number of hydrogen-bond acceptors (Lipinski definition) is 4. The van der Waals surface area contributed by atoms with Crippen LogP contribution in [0.25, 0.3) is 0 Å². The molecule has 0 saturated carbocycles. The number of rotatable bonds is 5. The van der Waals surface area contributed by atoms with Crippen molar-refractivity contribution in [2.24, 2.45) is 0 Å². The smallest absolute Gasteiger partial charge is 0.407 e. The highest BCUT2D eigenvalue weighted by molar-refractivity contribution is 9.10. The fourth-order valence-corrected chi connectivity index (χ4v) is 1.13. The SMILES string of the molecule is CC(Br)(C=C(CC[N+](=O)[O-])C(=O)[O-])C(F)(F)F. The number of carbonyl (C=O) groups excluding carboxylic acids is 1. The fraction of sp³-hybridized carbons (Fsp3) is 0.625. The van der Waals surface area contributed by atoms with Gasteiger partial charge in [-0.1, -0.05) is 22.0 Å². The summed E-state index contributed by atoms with van der Waals surface area (Å²) in [5.74, 6) is -1.86. The molecule has 0 N–H and O–H groups in total. The summed E-state index contributed by atoms with van der Waals surface area (Å²) in [6, 6.07) is 0. The third-order valence-electron chi connectivity index (χ3n) is 1.83. The Morgan fingerprint density at radius 3 is 2.24 bits per heavy atom. The minimum Gasteiger partial charge on any atom is -0.545 e. The molecule has 5 nitrogen and oxygen atoms in total. The molecule has 0 spiro atoms. The highest BCUT2D eigenvalue weighted by Crippen LogP contribution is 2.39. The van der Waals surface area contributed by atoms with E-state index in [1.807, 2.05) is 0 Å². The van der Waals surface area contributed by atoms with Gasteiger partial charge in [-0.2, -0.15) is 13.2 Å². The molecule has 0 fully saturated rings. The number of hydrogen-bond donors (Lipinski definition) is 0. The topological polar surface area (TPSA) is 83.3 Å². The standard InChI is InChI=1S/C8H9BrF3NO4/c1-7(9,8(10,11)12)4-5(6(14)15)2-3-13(16)17/h4H,2-3H2,1H3,(H,14,15)/p-1. The molecule has 0 rings (SSSR count). The fourth-order valence-electron chi connectivity index (χ4n) is 0.854.